The zero-order valence-corrected chi connectivity index (χ0v) is 11.9. The number of carbonyl (C=O) groups is 1. The van der Waals surface area contributed by atoms with E-state index in [9.17, 15) is 14.9 Å². The Morgan fingerprint density at radius 2 is 2.10 bits per heavy atom. The van der Waals surface area contributed by atoms with Gasteiger partial charge in [0.1, 0.15) is 0 Å². The molecule has 108 valence electrons. The lowest BCUT2D eigenvalue weighted by atomic mass is 9.93. The van der Waals surface area contributed by atoms with Gasteiger partial charge in [0.05, 0.1) is 11.3 Å². The van der Waals surface area contributed by atoms with E-state index in [4.69, 9.17) is 0 Å². The summed E-state index contributed by atoms with van der Waals surface area (Å²) in [6.07, 6.45) is 2.12. The normalized spacial score (nSPS) is 22.6. The highest BCUT2D eigenvalue weighted by molar-refractivity contribution is 5.80. The van der Waals surface area contributed by atoms with Gasteiger partial charge in [0.15, 0.2) is 0 Å². The Hall–Kier alpha value is -1.91. The van der Waals surface area contributed by atoms with Gasteiger partial charge in [-0.1, -0.05) is 25.1 Å². The lowest BCUT2D eigenvalue weighted by Gasteiger charge is -2.36. The fourth-order valence-corrected chi connectivity index (χ4v) is 2.88. The maximum atomic E-state index is 12.4. The summed E-state index contributed by atoms with van der Waals surface area (Å²) < 4.78 is 0. The third kappa shape index (κ3) is 3.15. The van der Waals surface area contributed by atoms with Crippen molar-refractivity contribution in [3.05, 3.63) is 39.9 Å². The summed E-state index contributed by atoms with van der Waals surface area (Å²) in [5.41, 5.74) is 0.521. The molecule has 1 amide bonds. The number of hydrogen-bond donors (Lipinski definition) is 0. The number of nitro benzene ring substituents is 1. The van der Waals surface area contributed by atoms with Gasteiger partial charge in [-0.15, -0.1) is 0 Å². The predicted molar refractivity (Wildman–Crippen MR) is 76.4 cm³/mol. The number of piperidine rings is 1. The quantitative estimate of drug-likeness (QED) is 0.630. The smallest absolute Gasteiger partial charge is 0.273 e. The third-order valence-corrected chi connectivity index (χ3v) is 3.99. The molecule has 1 aliphatic heterocycles. The van der Waals surface area contributed by atoms with Crippen molar-refractivity contribution in [2.24, 2.45) is 5.92 Å². The summed E-state index contributed by atoms with van der Waals surface area (Å²) in [5.74, 6) is 0.624. The third-order valence-electron chi connectivity index (χ3n) is 3.99. The van der Waals surface area contributed by atoms with Crippen LogP contribution in [0.25, 0.3) is 0 Å². The van der Waals surface area contributed by atoms with E-state index >= 15 is 0 Å². The average Bonchev–Trinajstić information content (AvgIpc) is 2.38. The molecule has 1 fully saturated rings. The number of hydrogen-bond acceptors (Lipinski definition) is 3. The van der Waals surface area contributed by atoms with Crippen LogP contribution in [-0.2, 0) is 11.2 Å². The molecule has 2 unspecified atom stereocenters. The average molecular weight is 276 g/mol. The second-order valence-corrected chi connectivity index (χ2v) is 5.63. The molecule has 1 saturated heterocycles. The Balaban J connectivity index is 2.10. The van der Waals surface area contributed by atoms with Crippen LogP contribution in [-0.4, -0.2) is 28.3 Å². The van der Waals surface area contributed by atoms with Gasteiger partial charge in [-0.2, -0.15) is 0 Å². The summed E-state index contributed by atoms with van der Waals surface area (Å²) >= 11 is 0. The fourth-order valence-electron chi connectivity index (χ4n) is 2.88. The highest BCUT2D eigenvalue weighted by atomic mass is 16.6. The molecule has 20 heavy (non-hydrogen) atoms. The van der Waals surface area contributed by atoms with Gasteiger partial charge in [-0.25, -0.2) is 0 Å². The molecule has 0 N–H and O–H groups in total. The number of likely N-dealkylation sites (tertiary alicyclic amines) is 1. The highest BCUT2D eigenvalue weighted by Crippen LogP contribution is 2.24. The van der Waals surface area contributed by atoms with E-state index in [1.54, 1.807) is 18.2 Å². The van der Waals surface area contributed by atoms with Gasteiger partial charge in [-0.3, -0.25) is 14.9 Å². The van der Waals surface area contributed by atoms with Crippen LogP contribution in [0.15, 0.2) is 24.3 Å². The largest absolute Gasteiger partial charge is 0.340 e. The van der Waals surface area contributed by atoms with E-state index < -0.39 is 4.92 Å². The summed E-state index contributed by atoms with van der Waals surface area (Å²) in [5, 5.41) is 11.0. The molecule has 0 saturated carbocycles. The molecule has 2 rings (SSSR count). The Morgan fingerprint density at radius 3 is 2.75 bits per heavy atom. The number of nitro groups is 1. The second kappa shape index (κ2) is 6.03. The molecule has 0 aliphatic carbocycles. The first-order chi connectivity index (χ1) is 9.49. The Kier molecular flexibility index (Phi) is 4.37. The number of carbonyl (C=O) groups excluding carboxylic acids is 1. The van der Waals surface area contributed by atoms with Crippen molar-refractivity contribution in [1.82, 2.24) is 4.90 Å². The van der Waals surface area contributed by atoms with Crippen molar-refractivity contribution in [3.63, 3.8) is 0 Å². The van der Waals surface area contributed by atoms with Crippen molar-refractivity contribution < 1.29 is 9.72 Å². The molecule has 1 heterocycles. The van der Waals surface area contributed by atoms with Crippen molar-refractivity contribution in [1.29, 1.82) is 0 Å². The lowest BCUT2D eigenvalue weighted by Crippen LogP contribution is -2.44. The molecule has 0 aromatic heterocycles. The van der Waals surface area contributed by atoms with Crippen molar-refractivity contribution in [3.8, 4) is 0 Å². The first-order valence-electron chi connectivity index (χ1n) is 7.00. The fraction of sp³-hybridized carbons (Fsp3) is 0.533. The molecule has 5 heteroatoms. The minimum Gasteiger partial charge on any atom is -0.340 e. The lowest BCUT2D eigenvalue weighted by molar-refractivity contribution is -0.385. The van der Waals surface area contributed by atoms with Crippen LogP contribution in [0.1, 0.15) is 32.3 Å². The summed E-state index contributed by atoms with van der Waals surface area (Å²) in [4.78, 5) is 24.8. The summed E-state index contributed by atoms with van der Waals surface area (Å²) in [6.45, 7) is 5.00. The number of benzene rings is 1. The van der Waals surface area contributed by atoms with Crippen LogP contribution < -0.4 is 0 Å². The van der Waals surface area contributed by atoms with Crippen LogP contribution in [0.5, 0.6) is 0 Å². The molecule has 1 aromatic rings. The van der Waals surface area contributed by atoms with Gasteiger partial charge in [-0.05, 0) is 25.7 Å². The monoisotopic (exact) mass is 276 g/mol. The SMILES string of the molecule is CC1CCN(C(=O)Cc2ccccc2[N+](=O)[O-])C(C)C1. The van der Waals surface area contributed by atoms with Crippen LogP contribution >= 0.6 is 0 Å². The number of nitrogens with zero attached hydrogens (tertiary/aromatic N) is 2. The van der Waals surface area contributed by atoms with E-state index in [0.29, 0.717) is 11.5 Å². The number of para-hydroxylation sites is 1. The maximum Gasteiger partial charge on any atom is 0.273 e. The van der Waals surface area contributed by atoms with E-state index in [-0.39, 0.29) is 24.1 Å². The van der Waals surface area contributed by atoms with Crippen LogP contribution in [0.3, 0.4) is 0 Å². The molecule has 0 radical (unpaired) electrons. The molecule has 0 spiro atoms. The molecule has 2 atom stereocenters. The predicted octanol–water partition coefficient (Wildman–Crippen LogP) is 2.78. The van der Waals surface area contributed by atoms with Gasteiger partial charge < -0.3 is 4.90 Å². The molecular weight excluding hydrogens is 256 g/mol. The van der Waals surface area contributed by atoms with Gasteiger partial charge >= 0.3 is 0 Å². The molecule has 5 nitrogen and oxygen atoms in total. The molecule has 1 aliphatic rings. The molecule has 1 aromatic carbocycles. The Bertz CT molecular complexity index is 516. The number of amides is 1. The van der Waals surface area contributed by atoms with Crippen LogP contribution in [0.2, 0.25) is 0 Å². The van der Waals surface area contributed by atoms with Crippen molar-refractivity contribution in [2.45, 2.75) is 39.2 Å². The standard InChI is InChI=1S/C15H20N2O3/c1-11-7-8-16(12(2)9-11)15(18)10-13-5-3-4-6-14(13)17(19)20/h3-6,11-12H,7-10H2,1-2H3. The van der Waals surface area contributed by atoms with Gasteiger partial charge in [0, 0.05) is 24.2 Å². The minimum absolute atomic E-state index is 0.0151. The summed E-state index contributed by atoms with van der Waals surface area (Å²) in [7, 11) is 0. The maximum absolute atomic E-state index is 12.4. The summed E-state index contributed by atoms with van der Waals surface area (Å²) in [6, 6.07) is 6.68. The van der Waals surface area contributed by atoms with Gasteiger partial charge in [0.2, 0.25) is 5.91 Å². The van der Waals surface area contributed by atoms with Crippen molar-refractivity contribution in [2.75, 3.05) is 6.54 Å². The molecular formula is C15H20N2O3. The van der Waals surface area contributed by atoms with Crippen LogP contribution in [0, 0.1) is 16.0 Å². The van der Waals surface area contributed by atoms with Crippen LogP contribution in [0.4, 0.5) is 5.69 Å². The zero-order chi connectivity index (χ0) is 14.7. The Morgan fingerprint density at radius 1 is 1.40 bits per heavy atom. The van der Waals surface area contributed by atoms with Crippen molar-refractivity contribution >= 4 is 11.6 Å². The minimum atomic E-state index is -0.426. The highest BCUT2D eigenvalue weighted by Gasteiger charge is 2.27. The topological polar surface area (TPSA) is 63.5 Å². The Labute approximate surface area is 118 Å². The first kappa shape index (κ1) is 14.5. The zero-order valence-electron chi connectivity index (χ0n) is 11.9. The molecule has 0 bridgehead atoms. The van der Waals surface area contributed by atoms with E-state index in [0.717, 1.165) is 19.4 Å². The van der Waals surface area contributed by atoms with Gasteiger partial charge in [0.25, 0.3) is 5.69 Å². The van der Waals surface area contributed by atoms with E-state index in [2.05, 4.69) is 6.92 Å². The number of rotatable bonds is 3. The first-order valence-corrected chi connectivity index (χ1v) is 7.00. The second-order valence-electron chi connectivity index (χ2n) is 5.63. The van der Waals surface area contributed by atoms with E-state index in [1.807, 2.05) is 11.8 Å². The van der Waals surface area contributed by atoms with E-state index in [1.165, 1.54) is 6.07 Å².